The zero-order valence-corrected chi connectivity index (χ0v) is 18.8. The molecule has 7 heteroatoms. The van der Waals surface area contributed by atoms with E-state index in [1.54, 1.807) is 4.90 Å². The predicted octanol–water partition coefficient (Wildman–Crippen LogP) is 3.10. The first-order chi connectivity index (χ1) is 15.5. The van der Waals surface area contributed by atoms with E-state index in [0.29, 0.717) is 13.0 Å². The number of nitriles is 1. The van der Waals surface area contributed by atoms with Crippen LogP contribution in [-0.4, -0.2) is 63.9 Å². The van der Waals surface area contributed by atoms with Gasteiger partial charge in [0.2, 0.25) is 5.91 Å². The van der Waals surface area contributed by atoms with Crippen LogP contribution >= 0.6 is 0 Å². The van der Waals surface area contributed by atoms with Crippen molar-refractivity contribution in [1.82, 2.24) is 19.2 Å². The number of rotatable bonds is 7. The van der Waals surface area contributed by atoms with Gasteiger partial charge < -0.3 is 9.30 Å². The molecule has 4 rings (SSSR count). The molecule has 7 nitrogen and oxygen atoms in total. The molecular formula is C25H30N6O. The van der Waals surface area contributed by atoms with Crippen LogP contribution in [0.1, 0.15) is 24.6 Å². The highest BCUT2D eigenvalue weighted by Crippen LogP contribution is 2.19. The van der Waals surface area contributed by atoms with Crippen molar-refractivity contribution in [3.8, 4) is 6.07 Å². The second-order valence-corrected chi connectivity index (χ2v) is 8.42. The van der Waals surface area contributed by atoms with Crippen molar-refractivity contribution < 1.29 is 4.79 Å². The average Bonchev–Trinajstić information content (AvgIpc) is 3.22. The molecule has 2 aromatic heterocycles. The maximum atomic E-state index is 13.4. The summed E-state index contributed by atoms with van der Waals surface area (Å²) in [6.45, 7) is 8.70. The highest BCUT2D eigenvalue weighted by Gasteiger charge is 2.29. The zero-order chi connectivity index (χ0) is 22.5. The van der Waals surface area contributed by atoms with Crippen LogP contribution in [0.4, 0.5) is 5.69 Å². The Morgan fingerprint density at radius 1 is 1.16 bits per heavy atom. The van der Waals surface area contributed by atoms with Crippen LogP contribution in [0.2, 0.25) is 0 Å². The number of imidazole rings is 1. The molecule has 1 amide bonds. The van der Waals surface area contributed by atoms with Crippen molar-refractivity contribution in [2.24, 2.45) is 0 Å². The van der Waals surface area contributed by atoms with E-state index in [9.17, 15) is 4.79 Å². The molecule has 1 fully saturated rings. The number of anilines is 1. The van der Waals surface area contributed by atoms with Crippen LogP contribution in [0.15, 0.2) is 54.9 Å². The third-order valence-electron chi connectivity index (χ3n) is 6.17. The standard InChI is InChI=1S/C25H30N6O/c1-20-7-9-23(10-8-20)31(13-5-11-26)25(32)21(2)29-16-14-28(15-17-29)18-22-19-30-12-4-3-6-24(30)27-22/h3-4,6-10,12,19,21H,5,13-18H2,1-2H3. The average molecular weight is 431 g/mol. The van der Waals surface area contributed by atoms with Gasteiger partial charge in [0.25, 0.3) is 0 Å². The monoisotopic (exact) mass is 430 g/mol. The first kappa shape index (κ1) is 22.0. The third kappa shape index (κ3) is 4.98. The number of amides is 1. The number of carbonyl (C=O) groups excluding carboxylic acids is 1. The Balaban J connectivity index is 1.36. The number of aryl methyl sites for hydroxylation is 1. The number of fused-ring (bicyclic) bond motifs is 1. The molecule has 3 heterocycles. The minimum absolute atomic E-state index is 0.0536. The molecule has 1 saturated heterocycles. The van der Waals surface area contributed by atoms with Crippen LogP contribution in [0.25, 0.3) is 5.65 Å². The topological polar surface area (TPSA) is 67.9 Å². The van der Waals surface area contributed by atoms with Gasteiger partial charge in [-0.1, -0.05) is 23.8 Å². The highest BCUT2D eigenvalue weighted by atomic mass is 16.2. The minimum atomic E-state index is -0.229. The lowest BCUT2D eigenvalue weighted by Gasteiger charge is -2.38. The predicted molar refractivity (Wildman–Crippen MR) is 125 cm³/mol. The zero-order valence-electron chi connectivity index (χ0n) is 18.8. The van der Waals surface area contributed by atoms with Gasteiger partial charge in [0.05, 0.1) is 24.2 Å². The number of piperazine rings is 1. The van der Waals surface area contributed by atoms with Gasteiger partial charge in [0, 0.05) is 57.3 Å². The van der Waals surface area contributed by atoms with Crippen LogP contribution in [0, 0.1) is 18.3 Å². The molecule has 0 bridgehead atoms. The lowest BCUT2D eigenvalue weighted by atomic mass is 10.1. The van der Waals surface area contributed by atoms with Gasteiger partial charge in [-0.2, -0.15) is 5.26 Å². The number of hydrogen-bond acceptors (Lipinski definition) is 5. The fourth-order valence-electron chi connectivity index (χ4n) is 4.24. The van der Waals surface area contributed by atoms with Crippen LogP contribution < -0.4 is 4.90 Å². The summed E-state index contributed by atoms with van der Waals surface area (Å²) in [7, 11) is 0. The summed E-state index contributed by atoms with van der Waals surface area (Å²) >= 11 is 0. The summed E-state index contributed by atoms with van der Waals surface area (Å²) in [6, 6.07) is 15.9. The van der Waals surface area contributed by atoms with E-state index < -0.39 is 0 Å². The van der Waals surface area contributed by atoms with Gasteiger partial charge >= 0.3 is 0 Å². The SMILES string of the molecule is Cc1ccc(N(CCC#N)C(=O)C(C)N2CCN(Cc3cn4ccccc4n3)CC2)cc1. The summed E-state index contributed by atoms with van der Waals surface area (Å²) < 4.78 is 2.05. The van der Waals surface area contributed by atoms with Gasteiger partial charge in [-0.05, 0) is 38.1 Å². The summed E-state index contributed by atoms with van der Waals surface area (Å²) in [5, 5.41) is 9.06. The molecule has 32 heavy (non-hydrogen) atoms. The maximum absolute atomic E-state index is 13.4. The van der Waals surface area contributed by atoms with Crippen LogP contribution in [0.3, 0.4) is 0 Å². The number of benzene rings is 1. The van der Waals surface area contributed by atoms with Gasteiger partial charge in [-0.15, -0.1) is 0 Å². The van der Waals surface area contributed by atoms with Gasteiger partial charge in [0.1, 0.15) is 5.65 Å². The normalized spacial score (nSPS) is 16.0. The van der Waals surface area contributed by atoms with E-state index in [4.69, 9.17) is 10.2 Å². The maximum Gasteiger partial charge on any atom is 0.244 e. The quantitative estimate of drug-likeness (QED) is 0.576. The first-order valence-corrected chi connectivity index (χ1v) is 11.2. The number of aromatic nitrogens is 2. The van der Waals surface area contributed by atoms with E-state index in [2.05, 4.69) is 22.1 Å². The van der Waals surface area contributed by atoms with Crippen molar-refractivity contribution >= 4 is 17.2 Å². The summed E-state index contributed by atoms with van der Waals surface area (Å²) in [5.41, 5.74) is 4.04. The molecule has 0 N–H and O–H groups in total. The van der Waals surface area contributed by atoms with Crippen LogP contribution in [0.5, 0.6) is 0 Å². The second kappa shape index (κ2) is 9.94. The summed E-state index contributed by atoms with van der Waals surface area (Å²) in [4.78, 5) is 24.5. The Bertz CT molecular complexity index is 1060. The molecule has 1 aromatic carbocycles. The molecule has 3 aromatic rings. The Labute approximate surface area is 189 Å². The Morgan fingerprint density at radius 2 is 1.91 bits per heavy atom. The smallest absolute Gasteiger partial charge is 0.244 e. The molecule has 0 radical (unpaired) electrons. The van der Waals surface area contributed by atoms with Crippen molar-refractivity contribution in [2.75, 3.05) is 37.6 Å². The molecule has 0 spiro atoms. The molecule has 1 aliphatic rings. The number of nitrogens with zero attached hydrogens (tertiary/aromatic N) is 6. The highest BCUT2D eigenvalue weighted by molar-refractivity contribution is 5.97. The van der Waals surface area contributed by atoms with E-state index in [0.717, 1.165) is 55.3 Å². The van der Waals surface area contributed by atoms with Gasteiger partial charge in [-0.25, -0.2) is 4.98 Å². The molecule has 1 unspecified atom stereocenters. The van der Waals surface area contributed by atoms with E-state index in [1.165, 1.54) is 0 Å². The first-order valence-electron chi connectivity index (χ1n) is 11.2. The van der Waals surface area contributed by atoms with Gasteiger partial charge in [0.15, 0.2) is 0 Å². The van der Waals surface area contributed by atoms with Crippen LogP contribution in [-0.2, 0) is 11.3 Å². The molecular weight excluding hydrogens is 400 g/mol. The van der Waals surface area contributed by atoms with E-state index >= 15 is 0 Å². The van der Waals surface area contributed by atoms with Crippen molar-refractivity contribution in [2.45, 2.75) is 32.9 Å². The fourth-order valence-corrected chi connectivity index (χ4v) is 4.24. The summed E-state index contributed by atoms with van der Waals surface area (Å²) in [6.07, 6.45) is 4.42. The fraction of sp³-hybridized carbons (Fsp3) is 0.400. The molecule has 166 valence electrons. The van der Waals surface area contributed by atoms with E-state index in [-0.39, 0.29) is 11.9 Å². The number of pyridine rings is 1. The van der Waals surface area contributed by atoms with Crippen molar-refractivity contribution in [3.05, 3.63) is 66.1 Å². The molecule has 0 aliphatic carbocycles. The van der Waals surface area contributed by atoms with E-state index in [1.807, 2.05) is 66.9 Å². The number of hydrogen-bond donors (Lipinski definition) is 0. The lowest BCUT2D eigenvalue weighted by molar-refractivity contribution is -0.124. The summed E-state index contributed by atoms with van der Waals surface area (Å²) in [5.74, 6) is 0.0536. The van der Waals surface area contributed by atoms with Crippen molar-refractivity contribution in [1.29, 1.82) is 5.26 Å². The Hall–Kier alpha value is -3.21. The third-order valence-corrected chi connectivity index (χ3v) is 6.17. The second-order valence-electron chi connectivity index (χ2n) is 8.42. The molecule has 1 atom stereocenters. The van der Waals surface area contributed by atoms with Crippen molar-refractivity contribution in [3.63, 3.8) is 0 Å². The minimum Gasteiger partial charge on any atom is -0.310 e. The Kier molecular flexibility index (Phi) is 6.84. The molecule has 1 aliphatic heterocycles. The largest absolute Gasteiger partial charge is 0.310 e. The number of carbonyl (C=O) groups is 1. The Morgan fingerprint density at radius 3 is 2.59 bits per heavy atom. The molecule has 0 saturated carbocycles. The van der Waals surface area contributed by atoms with Gasteiger partial charge in [-0.3, -0.25) is 14.6 Å². The lowest BCUT2D eigenvalue weighted by Crippen LogP contribution is -2.54.